The molecule has 1 heterocycles. The Labute approximate surface area is 114 Å². The third-order valence-electron chi connectivity index (χ3n) is 3.14. The summed E-state index contributed by atoms with van der Waals surface area (Å²) < 4.78 is 7.58. The smallest absolute Gasteiger partial charge is 0.131 e. The maximum absolute atomic E-state index is 6.21. The van der Waals surface area contributed by atoms with Crippen LogP contribution in [0.4, 0.5) is 5.82 Å². The molecule has 2 aromatic rings. The molecule has 0 fully saturated rings. The number of nitrogens with two attached hydrogens (primary N) is 1. The lowest BCUT2D eigenvalue weighted by molar-refractivity contribution is 0.340. The number of ether oxygens (including phenoxy) is 1. The van der Waals surface area contributed by atoms with Gasteiger partial charge in [0.2, 0.25) is 0 Å². The highest BCUT2D eigenvalue weighted by atomic mass is 16.5. The first-order valence-corrected chi connectivity index (χ1v) is 6.79. The van der Waals surface area contributed by atoms with Crippen molar-refractivity contribution in [1.82, 2.24) is 9.55 Å². The van der Waals surface area contributed by atoms with Crippen molar-refractivity contribution in [1.29, 1.82) is 0 Å². The molecule has 2 rings (SSSR count). The van der Waals surface area contributed by atoms with Crippen LogP contribution in [0.15, 0.2) is 24.3 Å². The average molecular weight is 259 g/mol. The van der Waals surface area contributed by atoms with Gasteiger partial charge in [-0.3, -0.25) is 0 Å². The number of hydrogen-bond acceptors (Lipinski definition) is 3. The van der Waals surface area contributed by atoms with Crippen LogP contribution in [0.5, 0.6) is 5.75 Å². The van der Waals surface area contributed by atoms with Gasteiger partial charge in [-0.1, -0.05) is 19.1 Å². The number of hydrogen-bond donors (Lipinski definition) is 1. The normalized spacial score (nSPS) is 10.7. The minimum atomic E-state index is 0.655. The van der Waals surface area contributed by atoms with Gasteiger partial charge in [0, 0.05) is 18.5 Å². The fourth-order valence-corrected chi connectivity index (χ4v) is 2.25. The van der Waals surface area contributed by atoms with E-state index in [0.717, 1.165) is 41.6 Å². The zero-order valence-corrected chi connectivity index (χ0v) is 11.8. The summed E-state index contributed by atoms with van der Waals surface area (Å²) in [6, 6.07) is 7.92. The summed E-state index contributed by atoms with van der Waals surface area (Å²) in [6.45, 7) is 7.64. The molecule has 0 aliphatic heterocycles. The van der Waals surface area contributed by atoms with E-state index in [2.05, 4.69) is 23.4 Å². The number of anilines is 1. The van der Waals surface area contributed by atoms with E-state index < -0.39 is 0 Å². The highest BCUT2D eigenvalue weighted by Crippen LogP contribution is 2.29. The van der Waals surface area contributed by atoms with Gasteiger partial charge in [0.05, 0.1) is 6.61 Å². The lowest BCUT2D eigenvalue weighted by Gasteiger charge is -2.06. The van der Waals surface area contributed by atoms with E-state index in [9.17, 15) is 0 Å². The van der Waals surface area contributed by atoms with Crippen molar-refractivity contribution < 1.29 is 4.74 Å². The van der Waals surface area contributed by atoms with Gasteiger partial charge in [-0.05, 0) is 26.0 Å². The van der Waals surface area contributed by atoms with Crippen molar-refractivity contribution in [2.45, 2.75) is 33.7 Å². The summed E-state index contributed by atoms with van der Waals surface area (Å²) in [5.41, 5.74) is 8.06. The zero-order chi connectivity index (χ0) is 13.8. The van der Waals surface area contributed by atoms with Crippen molar-refractivity contribution in [3.8, 4) is 17.0 Å². The van der Waals surface area contributed by atoms with Crippen LogP contribution in [-0.4, -0.2) is 16.2 Å². The predicted molar refractivity (Wildman–Crippen MR) is 78.3 cm³/mol. The van der Waals surface area contributed by atoms with E-state index in [-0.39, 0.29) is 0 Å². The van der Waals surface area contributed by atoms with Gasteiger partial charge in [0.1, 0.15) is 23.1 Å². The van der Waals surface area contributed by atoms with Crippen molar-refractivity contribution in [2.75, 3.05) is 12.3 Å². The molecule has 0 saturated carbocycles. The molecule has 0 amide bonds. The summed E-state index contributed by atoms with van der Waals surface area (Å²) in [6.07, 6.45) is 0.878. The third-order valence-corrected chi connectivity index (χ3v) is 3.14. The number of aromatic nitrogens is 2. The number of nitrogens with zero attached hydrogens (tertiary/aromatic N) is 2. The van der Waals surface area contributed by atoms with E-state index in [1.54, 1.807) is 0 Å². The molecule has 102 valence electrons. The fourth-order valence-electron chi connectivity index (χ4n) is 2.25. The molecule has 0 saturated heterocycles. The van der Waals surface area contributed by atoms with Gasteiger partial charge in [-0.2, -0.15) is 0 Å². The van der Waals surface area contributed by atoms with E-state index in [1.165, 1.54) is 0 Å². The van der Waals surface area contributed by atoms with Crippen LogP contribution in [0.1, 0.15) is 26.6 Å². The van der Waals surface area contributed by atoms with Gasteiger partial charge >= 0.3 is 0 Å². The second-order valence-electron chi connectivity index (χ2n) is 4.32. The molecule has 0 spiro atoms. The second kappa shape index (κ2) is 5.78. The molecule has 1 aromatic heterocycles. The van der Waals surface area contributed by atoms with Crippen LogP contribution in [0, 0.1) is 0 Å². The summed E-state index contributed by atoms with van der Waals surface area (Å²) in [7, 11) is 0. The van der Waals surface area contributed by atoms with Gasteiger partial charge in [-0.15, -0.1) is 0 Å². The predicted octanol–water partition coefficient (Wildman–Crippen LogP) is 3.11. The monoisotopic (exact) mass is 259 g/mol. The van der Waals surface area contributed by atoms with E-state index in [4.69, 9.17) is 10.5 Å². The van der Waals surface area contributed by atoms with Crippen LogP contribution in [0.3, 0.4) is 0 Å². The largest absolute Gasteiger partial charge is 0.494 e. The molecule has 0 atom stereocenters. The highest BCUT2D eigenvalue weighted by Gasteiger charge is 2.14. The Hall–Kier alpha value is -1.97. The van der Waals surface area contributed by atoms with Crippen molar-refractivity contribution >= 4 is 5.82 Å². The highest BCUT2D eigenvalue weighted by molar-refractivity contribution is 5.72. The molecule has 0 unspecified atom stereocenters. The van der Waals surface area contributed by atoms with Gasteiger partial charge in [-0.25, -0.2) is 4.98 Å². The fraction of sp³-hybridized carbons (Fsp3) is 0.400. The van der Waals surface area contributed by atoms with Gasteiger partial charge in [0.25, 0.3) is 0 Å². The van der Waals surface area contributed by atoms with Crippen LogP contribution < -0.4 is 10.5 Å². The third kappa shape index (κ3) is 2.57. The summed E-state index contributed by atoms with van der Waals surface area (Å²) in [5.74, 6) is 2.60. The number of aryl methyl sites for hydroxylation is 1. The molecule has 19 heavy (non-hydrogen) atoms. The Morgan fingerprint density at radius 2 is 2.05 bits per heavy atom. The Morgan fingerprint density at radius 3 is 2.63 bits per heavy atom. The summed E-state index contributed by atoms with van der Waals surface area (Å²) >= 11 is 0. The number of nitrogen functional groups attached to an aromatic ring is 1. The Kier molecular flexibility index (Phi) is 4.10. The Morgan fingerprint density at radius 1 is 1.26 bits per heavy atom. The van der Waals surface area contributed by atoms with Crippen LogP contribution in [-0.2, 0) is 13.0 Å². The number of rotatable bonds is 5. The van der Waals surface area contributed by atoms with Crippen LogP contribution in [0.25, 0.3) is 11.3 Å². The van der Waals surface area contributed by atoms with E-state index in [1.807, 2.05) is 31.2 Å². The molecule has 0 bridgehead atoms. The molecule has 2 N–H and O–H groups in total. The lowest BCUT2D eigenvalue weighted by atomic mass is 10.1. The lowest BCUT2D eigenvalue weighted by Crippen LogP contribution is -2.04. The molecular weight excluding hydrogens is 238 g/mol. The molecule has 0 aliphatic carbocycles. The van der Waals surface area contributed by atoms with Gasteiger partial charge < -0.3 is 15.0 Å². The second-order valence-corrected chi connectivity index (χ2v) is 4.32. The minimum absolute atomic E-state index is 0.655. The van der Waals surface area contributed by atoms with E-state index in [0.29, 0.717) is 6.61 Å². The Balaban J connectivity index is 2.46. The number of benzene rings is 1. The first-order chi connectivity index (χ1) is 9.21. The first kappa shape index (κ1) is 13.5. The minimum Gasteiger partial charge on any atom is -0.494 e. The van der Waals surface area contributed by atoms with Crippen molar-refractivity contribution in [3.63, 3.8) is 0 Å². The molecule has 0 aliphatic rings. The quantitative estimate of drug-likeness (QED) is 0.897. The first-order valence-electron chi connectivity index (χ1n) is 6.79. The zero-order valence-electron chi connectivity index (χ0n) is 11.8. The van der Waals surface area contributed by atoms with E-state index >= 15 is 0 Å². The van der Waals surface area contributed by atoms with Crippen molar-refractivity contribution in [2.24, 2.45) is 0 Å². The topological polar surface area (TPSA) is 53.1 Å². The average Bonchev–Trinajstić information content (AvgIpc) is 2.75. The van der Waals surface area contributed by atoms with Crippen LogP contribution in [0.2, 0.25) is 0 Å². The molecule has 0 radical (unpaired) electrons. The maximum Gasteiger partial charge on any atom is 0.131 e. The van der Waals surface area contributed by atoms with Crippen molar-refractivity contribution in [3.05, 3.63) is 30.1 Å². The molecule has 1 aromatic carbocycles. The number of imidazole rings is 1. The summed E-state index contributed by atoms with van der Waals surface area (Å²) in [5, 5.41) is 0. The Bertz CT molecular complexity index is 561. The maximum atomic E-state index is 6.21. The molecule has 4 heteroatoms. The van der Waals surface area contributed by atoms with Crippen LogP contribution >= 0.6 is 0 Å². The molecular formula is C15H21N3O. The standard InChI is InChI=1S/C15H21N3O/c1-4-13-17-14(15(16)18(13)5-2)11-8-7-9-12(10-11)19-6-3/h7-10H,4-6,16H2,1-3H3. The summed E-state index contributed by atoms with van der Waals surface area (Å²) in [4.78, 5) is 4.65. The SMILES string of the molecule is CCOc1cccc(-c2nc(CC)n(CC)c2N)c1. The molecule has 4 nitrogen and oxygen atoms in total. The van der Waals surface area contributed by atoms with Gasteiger partial charge in [0.15, 0.2) is 0 Å².